The molecule has 29 heteroatoms. The summed E-state index contributed by atoms with van der Waals surface area (Å²) in [5, 5.41) is 46.8. The number of carbonyl (C=O) groups excluding carboxylic acids is 6. The highest BCUT2D eigenvalue weighted by Crippen LogP contribution is 2.40. The second-order valence-electron chi connectivity index (χ2n) is 18.2. The summed E-state index contributed by atoms with van der Waals surface area (Å²) in [6.07, 6.45) is 0.0235. The number of aliphatic hydroxyl groups excluding tert-OH is 2. The summed E-state index contributed by atoms with van der Waals surface area (Å²) in [5.41, 5.74) is 2.64. The highest BCUT2D eigenvalue weighted by molar-refractivity contribution is 8.13. The molecule has 6 aromatic heterocycles. The SMILES string of the molecule is CCC1/N=C(\SC)[C@H](CC(=O)NC)NC(=O)c2csc(n2)-c2ccc(-c3nc(NC(=O)OCCCO)cs3)nc2-c2csc(n2)-c2csc(n2)[C@H]([C@@H](O)c2ccccc2)NC(=O)CNC(=O)c2nc(sc2COC)[C@H](C(C)C)NC1=O. The van der Waals surface area contributed by atoms with Crippen LogP contribution in [0.1, 0.15) is 99.7 Å². The first kappa shape index (κ1) is 60.1. The van der Waals surface area contributed by atoms with Crippen molar-refractivity contribution in [3.8, 4) is 43.4 Å². The number of ether oxygens (including phenoxy) is 2. The molecule has 81 heavy (non-hydrogen) atoms. The van der Waals surface area contributed by atoms with Crippen molar-refractivity contribution in [2.24, 2.45) is 10.9 Å². The standard InChI is InChI=1S/C52H57N13O10S6/c1-7-28-43(70)64-38(25(2)3)51-65-40(34(81-51)20-74-5)45(72)54-19-37(68)63-41(42(69)26-12-9-8-10-13-26)50-60-33(23-79-50)49-58-31(21-78-49)39-27(14-15-29(55-39)48-61-35(24-80-48)62-52(73)75-17-11-16-66)46-59-32(22-77-46)44(71)56-30(18-36(67)53-4)47(57-28)76-6/h8-10,12-15,21-25,28,30,38,41-42,66,69H,7,11,16-20H2,1-6H3,(H,53,67)(H,54,72)(H,56,71)(H,62,73)(H,63,68)(H,64,70)/b57-47-/t28?,30-,38-,41-,42-/m0/s1. The van der Waals surface area contributed by atoms with E-state index in [0.29, 0.717) is 68.9 Å². The van der Waals surface area contributed by atoms with Gasteiger partial charge in [-0.2, -0.15) is 0 Å². The molecule has 0 saturated carbocycles. The van der Waals surface area contributed by atoms with Crippen molar-refractivity contribution in [1.82, 2.24) is 56.5 Å². The topological polar surface area (TPSA) is 323 Å². The van der Waals surface area contributed by atoms with Crippen LogP contribution in [-0.4, -0.2) is 133 Å². The van der Waals surface area contributed by atoms with Crippen molar-refractivity contribution < 1.29 is 48.5 Å². The smallest absolute Gasteiger partial charge is 0.412 e. The summed E-state index contributed by atoms with van der Waals surface area (Å²) >= 11 is 7.20. The van der Waals surface area contributed by atoms with E-state index in [0.717, 1.165) is 0 Å². The molecule has 0 radical (unpaired) electrons. The van der Waals surface area contributed by atoms with Crippen LogP contribution in [-0.2, 0) is 30.5 Å². The van der Waals surface area contributed by atoms with E-state index in [2.05, 4.69) is 36.9 Å². The van der Waals surface area contributed by atoms with E-state index < -0.39 is 72.4 Å². The highest BCUT2D eigenvalue weighted by atomic mass is 32.2. The van der Waals surface area contributed by atoms with E-state index in [1.807, 2.05) is 13.8 Å². The largest absolute Gasteiger partial charge is 0.449 e. The molecule has 7 aromatic rings. The van der Waals surface area contributed by atoms with E-state index in [1.54, 1.807) is 77.2 Å². The molecule has 1 unspecified atom stereocenters. The van der Waals surface area contributed by atoms with Gasteiger partial charge in [0.05, 0.1) is 53.9 Å². The van der Waals surface area contributed by atoms with Crippen LogP contribution in [0.25, 0.3) is 43.4 Å². The van der Waals surface area contributed by atoms with E-state index >= 15 is 0 Å². The predicted octanol–water partition coefficient (Wildman–Crippen LogP) is 7.03. The van der Waals surface area contributed by atoms with Crippen LogP contribution in [0, 0.1) is 5.92 Å². The number of pyridine rings is 1. The number of hydrogen-bond acceptors (Lipinski definition) is 23. The van der Waals surface area contributed by atoms with Crippen molar-refractivity contribution >= 4 is 115 Å². The minimum absolute atomic E-state index is 0.00511. The molecule has 7 heterocycles. The number of aliphatic imine (C=N–C) groups is 1. The first-order valence-electron chi connectivity index (χ1n) is 25.2. The lowest BCUT2D eigenvalue weighted by Gasteiger charge is -2.24. The number of hydrogen-bond donors (Lipinski definition) is 8. The van der Waals surface area contributed by atoms with Gasteiger partial charge in [-0.05, 0) is 36.3 Å². The summed E-state index contributed by atoms with van der Waals surface area (Å²) in [5.74, 6) is -2.79. The molecular weight excluding hydrogens is 1160 g/mol. The van der Waals surface area contributed by atoms with Crippen LogP contribution in [0.15, 0.2) is 69.0 Å². The average Bonchev–Trinajstić information content (AvgIpc) is 4.51. The van der Waals surface area contributed by atoms with Gasteiger partial charge in [0.15, 0.2) is 0 Å². The normalized spacial score (nSPS) is 18.4. The van der Waals surface area contributed by atoms with Crippen LogP contribution < -0.4 is 31.9 Å². The van der Waals surface area contributed by atoms with Crippen LogP contribution in [0.4, 0.5) is 10.6 Å². The molecule has 23 nitrogen and oxygen atoms in total. The zero-order chi connectivity index (χ0) is 57.7. The van der Waals surface area contributed by atoms with Crippen LogP contribution in [0.3, 0.4) is 0 Å². The third kappa shape index (κ3) is 14.9. The number of rotatable bonds is 13. The number of carbonyl (C=O) groups is 6. The number of thioether (sulfide) groups is 1. The van der Waals surface area contributed by atoms with Crippen LogP contribution in [0.2, 0.25) is 0 Å². The molecule has 0 fully saturated rings. The minimum Gasteiger partial charge on any atom is -0.449 e. The molecule has 8 N–H and O–H groups in total. The Morgan fingerprint density at radius 3 is 2.26 bits per heavy atom. The summed E-state index contributed by atoms with van der Waals surface area (Å²) in [4.78, 5) is 116. The lowest BCUT2D eigenvalue weighted by molar-refractivity contribution is -0.123. The van der Waals surface area contributed by atoms with Gasteiger partial charge >= 0.3 is 6.09 Å². The van der Waals surface area contributed by atoms with Gasteiger partial charge in [-0.1, -0.05) is 51.1 Å². The van der Waals surface area contributed by atoms with Crippen LogP contribution in [0.5, 0.6) is 0 Å². The summed E-state index contributed by atoms with van der Waals surface area (Å²) in [6, 6.07) is 8.52. The Balaban J connectivity index is 1.22. The van der Waals surface area contributed by atoms with Gasteiger partial charge in [0, 0.05) is 54.3 Å². The van der Waals surface area contributed by atoms with Gasteiger partial charge in [-0.15, -0.1) is 68.4 Å². The third-order valence-electron chi connectivity index (χ3n) is 12.2. The fraction of sp³-hybridized carbons (Fsp3) is 0.365. The fourth-order valence-corrected chi connectivity index (χ4v) is 13.2. The van der Waals surface area contributed by atoms with Crippen LogP contribution >= 0.6 is 68.4 Å². The zero-order valence-corrected chi connectivity index (χ0v) is 49.4. The number of aliphatic hydroxyl groups is 2. The highest BCUT2D eigenvalue weighted by Gasteiger charge is 2.33. The third-order valence-corrected chi connectivity index (χ3v) is 17.6. The molecular formula is C52H57N13O10S6. The number of aromatic nitrogens is 6. The summed E-state index contributed by atoms with van der Waals surface area (Å²) < 4.78 is 10.6. The lowest BCUT2D eigenvalue weighted by Crippen LogP contribution is -2.44. The fourth-order valence-electron chi connectivity index (χ4n) is 8.05. The molecule has 1 aromatic carbocycles. The molecule has 8 rings (SSSR count). The second kappa shape index (κ2) is 28.2. The van der Waals surface area contributed by atoms with E-state index in [4.69, 9.17) is 44.5 Å². The Labute approximate surface area is 489 Å². The number of thiazole rings is 5. The first-order valence-corrected chi connectivity index (χ1v) is 30.8. The Bertz CT molecular complexity index is 3400. The Kier molecular flexibility index (Phi) is 20.9. The number of anilines is 1. The second-order valence-corrected chi connectivity index (χ2v) is 23.6. The Morgan fingerprint density at radius 2 is 1.53 bits per heavy atom. The number of nitrogens with one attached hydrogen (secondary N) is 6. The molecule has 8 bridgehead atoms. The van der Waals surface area contributed by atoms with Gasteiger partial charge in [0.2, 0.25) is 17.7 Å². The molecule has 0 aliphatic carbocycles. The Morgan fingerprint density at radius 1 is 0.802 bits per heavy atom. The van der Waals surface area contributed by atoms with Gasteiger partial charge in [0.1, 0.15) is 77.5 Å². The van der Waals surface area contributed by atoms with Crippen molar-refractivity contribution in [3.05, 3.63) is 95.8 Å². The minimum atomic E-state index is -1.27. The van der Waals surface area contributed by atoms with Gasteiger partial charge in [-0.3, -0.25) is 34.3 Å². The molecule has 1 aliphatic rings. The molecule has 0 saturated heterocycles. The van der Waals surface area contributed by atoms with Crippen molar-refractivity contribution in [1.29, 1.82) is 0 Å². The van der Waals surface area contributed by atoms with Gasteiger partial charge in [-0.25, -0.2) is 34.7 Å². The maximum atomic E-state index is 14.3. The zero-order valence-electron chi connectivity index (χ0n) is 44.5. The van der Waals surface area contributed by atoms with E-state index in [9.17, 15) is 33.9 Å². The maximum absolute atomic E-state index is 14.3. The number of nitrogens with zero attached hydrogens (tertiary/aromatic N) is 7. The lowest BCUT2D eigenvalue weighted by atomic mass is 10.0. The van der Waals surface area contributed by atoms with Crippen molar-refractivity contribution in [2.75, 3.05) is 45.5 Å². The molecule has 1 aliphatic heterocycles. The van der Waals surface area contributed by atoms with E-state index in [1.165, 1.54) is 82.6 Å². The maximum Gasteiger partial charge on any atom is 0.412 e. The number of benzene rings is 1. The molecule has 0 spiro atoms. The molecule has 426 valence electrons. The molecule has 6 amide bonds. The van der Waals surface area contributed by atoms with Gasteiger partial charge in [0.25, 0.3) is 11.8 Å². The summed E-state index contributed by atoms with van der Waals surface area (Å²) in [6.45, 7) is 4.96. The number of methoxy groups -OCH3 is 1. The van der Waals surface area contributed by atoms with Crippen molar-refractivity contribution in [3.63, 3.8) is 0 Å². The van der Waals surface area contributed by atoms with E-state index in [-0.39, 0.29) is 62.2 Å². The average molecular weight is 1220 g/mol. The quantitative estimate of drug-likeness (QED) is 0.0537. The monoisotopic (exact) mass is 1220 g/mol. The first-order chi connectivity index (χ1) is 39.1. The number of fused-ring (bicyclic) bond motifs is 12. The molecule has 5 atom stereocenters. The van der Waals surface area contributed by atoms with Gasteiger partial charge < -0.3 is 46.3 Å². The Hall–Kier alpha value is -6.96. The predicted molar refractivity (Wildman–Crippen MR) is 313 cm³/mol. The van der Waals surface area contributed by atoms with Crippen molar-refractivity contribution in [2.45, 2.75) is 76.9 Å². The number of amides is 6. The summed E-state index contributed by atoms with van der Waals surface area (Å²) in [7, 11) is 2.95.